The molecule has 4 rings (SSSR count). The predicted octanol–water partition coefficient (Wildman–Crippen LogP) is 2.53. The Morgan fingerprint density at radius 1 is 1.23 bits per heavy atom. The molecule has 1 aliphatic heterocycles. The number of likely N-dealkylation sites (tertiary alicyclic amines) is 1. The summed E-state index contributed by atoms with van der Waals surface area (Å²) in [6.07, 6.45) is 5.16. The van der Waals surface area contributed by atoms with E-state index in [0.29, 0.717) is 38.4 Å². The minimum Gasteiger partial charge on any atom is -0.504 e. The molecule has 2 heterocycles. The lowest BCUT2D eigenvalue weighted by Crippen LogP contribution is -2.36. The van der Waals surface area contributed by atoms with Gasteiger partial charge in [0.15, 0.2) is 5.76 Å². The summed E-state index contributed by atoms with van der Waals surface area (Å²) in [5.74, 6) is 2.12. The molecule has 9 nitrogen and oxygen atoms in total. The van der Waals surface area contributed by atoms with Gasteiger partial charge in [-0.05, 0) is 38.2 Å². The SMILES string of the molecule is CCN=C/C(O)=C(\CO)N1CCC(c2nnc(C3(c4ccccc4)CC3)n2CCNC(C)=O)CC1. The van der Waals surface area contributed by atoms with Crippen LogP contribution < -0.4 is 5.32 Å². The maximum absolute atomic E-state index is 11.5. The number of nitrogens with one attached hydrogen (secondary N) is 1. The molecule has 0 bridgehead atoms. The first-order valence-corrected chi connectivity index (χ1v) is 12.5. The number of benzene rings is 1. The molecule has 9 heteroatoms. The first-order chi connectivity index (χ1) is 17.0. The van der Waals surface area contributed by atoms with Crippen LogP contribution >= 0.6 is 0 Å². The Balaban J connectivity index is 1.56. The molecular formula is C26H36N6O3. The Morgan fingerprint density at radius 3 is 2.54 bits per heavy atom. The third-order valence-electron chi connectivity index (χ3n) is 7.08. The predicted molar refractivity (Wildman–Crippen MR) is 134 cm³/mol. The van der Waals surface area contributed by atoms with Crippen molar-refractivity contribution in [3.05, 3.63) is 59.0 Å². The lowest BCUT2D eigenvalue weighted by molar-refractivity contribution is -0.118. The van der Waals surface area contributed by atoms with Gasteiger partial charge in [0.2, 0.25) is 5.91 Å². The summed E-state index contributed by atoms with van der Waals surface area (Å²) in [7, 11) is 0. The monoisotopic (exact) mass is 480 g/mol. The van der Waals surface area contributed by atoms with Gasteiger partial charge in [0.1, 0.15) is 11.6 Å². The molecule has 0 unspecified atom stereocenters. The van der Waals surface area contributed by atoms with E-state index in [0.717, 1.165) is 37.3 Å². The second-order valence-corrected chi connectivity index (χ2v) is 9.34. The average Bonchev–Trinajstić information content (AvgIpc) is 3.57. The lowest BCUT2D eigenvalue weighted by Gasteiger charge is -2.34. The molecule has 0 spiro atoms. The van der Waals surface area contributed by atoms with E-state index in [4.69, 9.17) is 5.10 Å². The number of aromatic nitrogens is 3. The summed E-state index contributed by atoms with van der Waals surface area (Å²) < 4.78 is 2.23. The molecule has 188 valence electrons. The molecule has 1 amide bonds. The van der Waals surface area contributed by atoms with E-state index in [1.54, 1.807) is 0 Å². The summed E-state index contributed by atoms with van der Waals surface area (Å²) in [4.78, 5) is 17.6. The Morgan fingerprint density at radius 2 is 1.94 bits per heavy atom. The van der Waals surface area contributed by atoms with Crippen molar-refractivity contribution in [2.75, 3.05) is 32.8 Å². The van der Waals surface area contributed by atoms with Crippen LogP contribution in [0.3, 0.4) is 0 Å². The van der Waals surface area contributed by atoms with Crippen molar-refractivity contribution in [2.24, 2.45) is 4.99 Å². The van der Waals surface area contributed by atoms with Crippen LogP contribution in [0.4, 0.5) is 0 Å². The fourth-order valence-corrected chi connectivity index (χ4v) is 5.06. The van der Waals surface area contributed by atoms with Crippen molar-refractivity contribution in [3.8, 4) is 0 Å². The summed E-state index contributed by atoms with van der Waals surface area (Å²) in [6, 6.07) is 10.5. The zero-order valence-corrected chi connectivity index (χ0v) is 20.7. The Hall–Kier alpha value is -3.20. The minimum atomic E-state index is -0.233. The zero-order chi connectivity index (χ0) is 24.8. The number of hydrogen-bond acceptors (Lipinski definition) is 7. The molecule has 1 aromatic carbocycles. The normalized spacial score (nSPS) is 18.5. The van der Waals surface area contributed by atoms with Crippen LogP contribution in [-0.4, -0.2) is 74.8 Å². The maximum Gasteiger partial charge on any atom is 0.216 e. The van der Waals surface area contributed by atoms with Gasteiger partial charge in [-0.1, -0.05) is 30.3 Å². The first-order valence-electron chi connectivity index (χ1n) is 12.5. The van der Waals surface area contributed by atoms with Crippen molar-refractivity contribution < 1.29 is 15.0 Å². The van der Waals surface area contributed by atoms with Gasteiger partial charge in [-0.2, -0.15) is 0 Å². The van der Waals surface area contributed by atoms with Crippen LogP contribution in [-0.2, 0) is 16.8 Å². The number of carbonyl (C=O) groups excluding carboxylic acids is 1. The molecule has 2 aromatic rings. The molecular weight excluding hydrogens is 444 g/mol. The molecule has 1 saturated heterocycles. The third kappa shape index (κ3) is 5.40. The van der Waals surface area contributed by atoms with Gasteiger partial charge in [0.05, 0.1) is 23.9 Å². The highest BCUT2D eigenvalue weighted by molar-refractivity contribution is 5.76. The Kier molecular flexibility index (Phi) is 7.85. The number of hydrogen-bond donors (Lipinski definition) is 3. The molecule has 1 aliphatic carbocycles. The molecule has 35 heavy (non-hydrogen) atoms. The highest BCUT2D eigenvalue weighted by atomic mass is 16.3. The second-order valence-electron chi connectivity index (χ2n) is 9.34. The Labute approximate surface area is 206 Å². The molecule has 0 radical (unpaired) electrons. The van der Waals surface area contributed by atoms with Crippen molar-refractivity contribution in [1.82, 2.24) is 25.0 Å². The molecule has 1 aromatic heterocycles. The molecule has 0 atom stereocenters. The first kappa shape index (κ1) is 24.9. The molecule has 2 fully saturated rings. The fourth-order valence-electron chi connectivity index (χ4n) is 5.06. The third-order valence-corrected chi connectivity index (χ3v) is 7.08. The summed E-state index contributed by atoms with van der Waals surface area (Å²) in [6.45, 7) is 6.32. The van der Waals surface area contributed by atoms with Crippen LogP contribution in [0.1, 0.15) is 62.7 Å². The van der Waals surface area contributed by atoms with Crippen LogP contribution in [0.5, 0.6) is 0 Å². The lowest BCUT2D eigenvalue weighted by atomic mass is 9.93. The number of aliphatic imine (C=N–C) groups is 1. The highest BCUT2D eigenvalue weighted by Gasteiger charge is 2.50. The highest BCUT2D eigenvalue weighted by Crippen LogP contribution is 2.53. The van der Waals surface area contributed by atoms with Crippen molar-refractivity contribution in [2.45, 2.75) is 57.4 Å². The summed E-state index contributed by atoms with van der Waals surface area (Å²) >= 11 is 0. The second kappa shape index (κ2) is 11.0. The van der Waals surface area contributed by atoms with E-state index in [2.05, 4.69) is 44.2 Å². The minimum absolute atomic E-state index is 0.0205. The maximum atomic E-state index is 11.5. The molecule has 3 N–H and O–H groups in total. The van der Waals surface area contributed by atoms with E-state index in [1.807, 2.05) is 17.9 Å². The van der Waals surface area contributed by atoms with Crippen LogP contribution in [0, 0.1) is 0 Å². The fraction of sp³-hybridized carbons (Fsp3) is 0.538. The number of piperidine rings is 1. The van der Waals surface area contributed by atoms with Gasteiger partial charge >= 0.3 is 0 Å². The smallest absolute Gasteiger partial charge is 0.216 e. The van der Waals surface area contributed by atoms with E-state index >= 15 is 0 Å². The Bertz CT molecular complexity index is 1070. The van der Waals surface area contributed by atoms with E-state index in [9.17, 15) is 15.0 Å². The average molecular weight is 481 g/mol. The van der Waals surface area contributed by atoms with E-state index in [1.165, 1.54) is 18.7 Å². The molecule has 1 saturated carbocycles. The topological polar surface area (TPSA) is 116 Å². The standard InChI is InChI=1S/C26H36N6O3/c1-3-27-17-23(35)22(18-33)31-14-9-20(10-15-31)24-29-30-25(32(24)16-13-28-19(2)34)26(11-12-26)21-7-5-4-6-8-21/h4-8,17,20,33,35H,3,9-16,18H2,1-2H3,(H,28,34)/b23-22-,27-17?. The number of aliphatic hydroxyl groups is 2. The van der Waals surface area contributed by atoms with Gasteiger partial charge in [-0.15, -0.1) is 10.2 Å². The van der Waals surface area contributed by atoms with E-state index < -0.39 is 0 Å². The summed E-state index contributed by atoms with van der Waals surface area (Å²) in [5, 5.41) is 32.5. The number of carbonyl (C=O) groups is 1. The molecule has 2 aliphatic rings. The van der Waals surface area contributed by atoms with Crippen LogP contribution in [0.25, 0.3) is 0 Å². The van der Waals surface area contributed by atoms with Gasteiger partial charge in [0.25, 0.3) is 0 Å². The number of allylic oxidation sites excluding steroid dienone is 1. The number of aliphatic hydroxyl groups excluding tert-OH is 2. The van der Waals surface area contributed by atoms with E-state index in [-0.39, 0.29) is 29.6 Å². The number of rotatable bonds is 10. The van der Waals surface area contributed by atoms with Crippen molar-refractivity contribution in [1.29, 1.82) is 0 Å². The largest absolute Gasteiger partial charge is 0.504 e. The van der Waals surface area contributed by atoms with Gasteiger partial charge in [0, 0.05) is 45.6 Å². The summed E-state index contributed by atoms with van der Waals surface area (Å²) in [5.41, 5.74) is 1.66. The van der Waals surface area contributed by atoms with Gasteiger partial charge in [-0.25, -0.2) is 0 Å². The van der Waals surface area contributed by atoms with Crippen molar-refractivity contribution >= 4 is 12.1 Å². The van der Waals surface area contributed by atoms with Crippen molar-refractivity contribution in [3.63, 3.8) is 0 Å². The quantitative estimate of drug-likeness (QED) is 0.356. The van der Waals surface area contributed by atoms with Crippen LogP contribution in [0.15, 0.2) is 46.8 Å². The number of amides is 1. The van der Waals surface area contributed by atoms with Crippen LogP contribution in [0.2, 0.25) is 0 Å². The number of nitrogens with zero attached hydrogens (tertiary/aromatic N) is 5. The van der Waals surface area contributed by atoms with Gasteiger partial charge < -0.3 is 25.0 Å². The van der Waals surface area contributed by atoms with Gasteiger partial charge in [-0.3, -0.25) is 9.79 Å². The zero-order valence-electron chi connectivity index (χ0n) is 20.7.